The second kappa shape index (κ2) is 5.66. The highest BCUT2D eigenvalue weighted by Gasteiger charge is 1.99. The molecule has 74 valence electrons. The highest BCUT2D eigenvalue weighted by Crippen LogP contribution is 2.18. The molecule has 0 fully saturated rings. The summed E-state index contributed by atoms with van der Waals surface area (Å²) in [5.41, 5.74) is 1.18. The molecule has 0 aliphatic heterocycles. The van der Waals surface area contributed by atoms with E-state index >= 15 is 0 Å². The third-order valence-electron chi connectivity index (χ3n) is 2.03. The summed E-state index contributed by atoms with van der Waals surface area (Å²) in [5, 5.41) is 8.42. The normalized spacial score (nSPS) is 9.50. The maximum absolute atomic E-state index is 8.42. The van der Waals surface area contributed by atoms with Crippen molar-refractivity contribution in [3.63, 3.8) is 0 Å². The Labute approximate surface area is 93.3 Å². The quantitative estimate of drug-likeness (QED) is 0.770. The van der Waals surface area contributed by atoms with Crippen LogP contribution >= 0.6 is 15.9 Å². The van der Waals surface area contributed by atoms with Crippen molar-refractivity contribution in [1.29, 1.82) is 5.26 Å². The molecular weight excluding hydrogens is 240 g/mol. The molecule has 0 amide bonds. The zero-order valence-corrected chi connectivity index (χ0v) is 9.79. The summed E-state index contributed by atoms with van der Waals surface area (Å²) in [6, 6.07) is 10.3. The lowest BCUT2D eigenvalue weighted by molar-refractivity contribution is 0.806. The molecule has 0 bridgehead atoms. The summed E-state index contributed by atoms with van der Waals surface area (Å²) in [5.74, 6) is 0. The molecule has 0 unspecified atom stereocenters. The van der Waals surface area contributed by atoms with Gasteiger partial charge in [-0.1, -0.05) is 22.0 Å². The first-order chi connectivity index (χ1) is 6.74. The van der Waals surface area contributed by atoms with E-state index in [4.69, 9.17) is 5.26 Å². The van der Waals surface area contributed by atoms with E-state index in [0.717, 1.165) is 17.4 Å². The molecule has 14 heavy (non-hydrogen) atoms. The van der Waals surface area contributed by atoms with E-state index < -0.39 is 0 Å². The van der Waals surface area contributed by atoms with Crippen LogP contribution in [0.25, 0.3) is 0 Å². The topological polar surface area (TPSA) is 27.0 Å². The smallest absolute Gasteiger partial charge is 0.0622 e. The number of halogens is 1. The van der Waals surface area contributed by atoms with Crippen LogP contribution in [0.15, 0.2) is 28.7 Å². The third-order valence-corrected chi connectivity index (χ3v) is 2.52. The lowest BCUT2D eigenvalue weighted by Crippen LogP contribution is -2.18. The molecule has 0 aliphatic rings. The summed E-state index contributed by atoms with van der Waals surface area (Å²) in [7, 11) is 2.04. The fourth-order valence-corrected chi connectivity index (χ4v) is 1.63. The van der Waals surface area contributed by atoms with Gasteiger partial charge in [0.2, 0.25) is 0 Å². The highest BCUT2D eigenvalue weighted by atomic mass is 79.9. The molecule has 0 aromatic heterocycles. The van der Waals surface area contributed by atoms with E-state index in [1.54, 1.807) is 0 Å². The molecule has 0 atom stereocenters. The van der Waals surface area contributed by atoms with Gasteiger partial charge in [0.1, 0.15) is 0 Å². The standard InChI is InChI=1S/C11H13BrN2/c1-14(8-3-2-7-13)11-6-4-5-10(12)9-11/h4-6,9H,2-3,8H2,1H3. The Hall–Kier alpha value is -1.01. The Morgan fingerprint density at radius 2 is 2.29 bits per heavy atom. The number of unbranched alkanes of at least 4 members (excludes halogenated alkanes) is 1. The maximum Gasteiger partial charge on any atom is 0.0622 e. The predicted octanol–water partition coefficient (Wildman–Crippen LogP) is 3.19. The number of nitriles is 1. The minimum Gasteiger partial charge on any atom is -0.375 e. The number of hydrogen-bond acceptors (Lipinski definition) is 2. The van der Waals surface area contributed by atoms with Crippen LogP contribution in [-0.4, -0.2) is 13.6 Å². The average molecular weight is 253 g/mol. The van der Waals surface area contributed by atoms with E-state index in [1.165, 1.54) is 5.69 Å². The van der Waals surface area contributed by atoms with Crippen molar-refractivity contribution in [3.8, 4) is 6.07 Å². The first-order valence-electron chi connectivity index (χ1n) is 4.57. The highest BCUT2D eigenvalue weighted by molar-refractivity contribution is 9.10. The van der Waals surface area contributed by atoms with Gasteiger partial charge in [0.15, 0.2) is 0 Å². The molecule has 3 heteroatoms. The van der Waals surface area contributed by atoms with Crippen LogP contribution in [0.5, 0.6) is 0 Å². The largest absolute Gasteiger partial charge is 0.375 e. The minimum absolute atomic E-state index is 0.623. The maximum atomic E-state index is 8.42. The van der Waals surface area contributed by atoms with E-state index in [-0.39, 0.29) is 0 Å². The summed E-state index contributed by atoms with van der Waals surface area (Å²) >= 11 is 3.43. The summed E-state index contributed by atoms with van der Waals surface area (Å²) < 4.78 is 1.09. The van der Waals surface area contributed by atoms with Crippen LogP contribution in [-0.2, 0) is 0 Å². The second-order valence-corrected chi connectivity index (χ2v) is 4.08. The molecule has 2 nitrogen and oxygen atoms in total. The van der Waals surface area contributed by atoms with Gasteiger partial charge in [-0.05, 0) is 24.6 Å². The zero-order chi connectivity index (χ0) is 10.4. The number of anilines is 1. The van der Waals surface area contributed by atoms with E-state index in [9.17, 15) is 0 Å². The molecule has 0 saturated heterocycles. The lowest BCUT2D eigenvalue weighted by atomic mass is 10.2. The number of rotatable bonds is 4. The lowest BCUT2D eigenvalue weighted by Gasteiger charge is -2.18. The molecule has 0 N–H and O–H groups in total. The van der Waals surface area contributed by atoms with Crippen LogP contribution in [0.3, 0.4) is 0 Å². The monoisotopic (exact) mass is 252 g/mol. The van der Waals surface area contributed by atoms with Gasteiger partial charge in [-0.3, -0.25) is 0 Å². The van der Waals surface area contributed by atoms with Gasteiger partial charge in [0, 0.05) is 30.2 Å². The summed E-state index contributed by atoms with van der Waals surface area (Å²) in [6.07, 6.45) is 1.54. The predicted molar refractivity (Wildman–Crippen MR) is 62.3 cm³/mol. The first kappa shape index (κ1) is 11.1. The van der Waals surface area contributed by atoms with Gasteiger partial charge in [-0.25, -0.2) is 0 Å². The SMILES string of the molecule is CN(CCCC#N)c1cccc(Br)c1. The number of hydrogen-bond donors (Lipinski definition) is 0. The Morgan fingerprint density at radius 3 is 2.93 bits per heavy atom. The summed E-state index contributed by atoms with van der Waals surface area (Å²) in [6.45, 7) is 0.921. The first-order valence-corrected chi connectivity index (χ1v) is 5.37. The Morgan fingerprint density at radius 1 is 1.50 bits per heavy atom. The molecule has 0 saturated carbocycles. The molecule has 1 aromatic carbocycles. The molecule has 0 aliphatic carbocycles. The van der Waals surface area contributed by atoms with E-state index in [2.05, 4.69) is 39.0 Å². The van der Waals surface area contributed by atoms with Crippen molar-refractivity contribution in [3.05, 3.63) is 28.7 Å². The van der Waals surface area contributed by atoms with Crippen LogP contribution in [0.2, 0.25) is 0 Å². The Kier molecular flexibility index (Phi) is 4.48. The van der Waals surface area contributed by atoms with Crippen molar-refractivity contribution in [2.75, 3.05) is 18.5 Å². The summed E-state index contributed by atoms with van der Waals surface area (Å²) in [4.78, 5) is 2.15. The van der Waals surface area contributed by atoms with Crippen LogP contribution in [0, 0.1) is 11.3 Å². The van der Waals surface area contributed by atoms with Crippen molar-refractivity contribution in [2.45, 2.75) is 12.8 Å². The molecular formula is C11H13BrN2. The fourth-order valence-electron chi connectivity index (χ4n) is 1.24. The van der Waals surface area contributed by atoms with Crippen LogP contribution in [0.1, 0.15) is 12.8 Å². The molecule has 1 aromatic rings. The van der Waals surface area contributed by atoms with Gasteiger partial charge in [-0.15, -0.1) is 0 Å². The van der Waals surface area contributed by atoms with Gasteiger partial charge in [-0.2, -0.15) is 5.26 Å². The van der Waals surface area contributed by atoms with Gasteiger partial charge >= 0.3 is 0 Å². The number of benzene rings is 1. The molecule has 0 radical (unpaired) electrons. The number of nitrogens with zero attached hydrogens (tertiary/aromatic N) is 2. The van der Waals surface area contributed by atoms with E-state index in [0.29, 0.717) is 6.42 Å². The average Bonchev–Trinajstić information content (AvgIpc) is 2.18. The van der Waals surface area contributed by atoms with E-state index in [1.807, 2.05) is 19.2 Å². The van der Waals surface area contributed by atoms with Crippen molar-refractivity contribution in [2.24, 2.45) is 0 Å². The van der Waals surface area contributed by atoms with Gasteiger partial charge in [0.25, 0.3) is 0 Å². The minimum atomic E-state index is 0.623. The molecule has 0 heterocycles. The second-order valence-electron chi connectivity index (χ2n) is 3.16. The van der Waals surface area contributed by atoms with Crippen molar-refractivity contribution >= 4 is 21.6 Å². The zero-order valence-electron chi connectivity index (χ0n) is 8.20. The van der Waals surface area contributed by atoms with Crippen molar-refractivity contribution < 1.29 is 0 Å². The Bertz CT molecular complexity index is 330. The van der Waals surface area contributed by atoms with Crippen molar-refractivity contribution in [1.82, 2.24) is 0 Å². The fraction of sp³-hybridized carbons (Fsp3) is 0.364. The Balaban J connectivity index is 2.52. The van der Waals surface area contributed by atoms with Gasteiger partial charge < -0.3 is 4.90 Å². The molecule has 1 rings (SSSR count). The molecule has 0 spiro atoms. The third kappa shape index (κ3) is 3.39. The van der Waals surface area contributed by atoms with Crippen LogP contribution < -0.4 is 4.90 Å². The van der Waals surface area contributed by atoms with Gasteiger partial charge in [0.05, 0.1) is 6.07 Å². The van der Waals surface area contributed by atoms with Crippen LogP contribution in [0.4, 0.5) is 5.69 Å².